The lowest BCUT2D eigenvalue weighted by Crippen LogP contribution is -2.14. The first-order chi connectivity index (χ1) is 11.9. The Morgan fingerprint density at radius 2 is 1.38 bits per heavy atom. The molecule has 0 aromatic heterocycles. The van der Waals surface area contributed by atoms with Gasteiger partial charge < -0.3 is 11.1 Å². The Labute approximate surface area is 144 Å². The number of hydrogen-bond acceptors (Lipinski definition) is 2. The van der Waals surface area contributed by atoms with Crippen molar-refractivity contribution in [3.63, 3.8) is 0 Å². The van der Waals surface area contributed by atoms with Crippen molar-refractivity contribution in [3.8, 4) is 0 Å². The van der Waals surface area contributed by atoms with Crippen LogP contribution in [0.5, 0.6) is 0 Å². The normalized spacial score (nSPS) is 12.4. The first-order valence-corrected chi connectivity index (χ1v) is 7.09. The number of rotatable bonds is 3. The summed E-state index contributed by atoms with van der Waals surface area (Å²) in [6, 6.07) is 7.17. The van der Waals surface area contributed by atoms with Crippen molar-refractivity contribution in [1.82, 2.24) is 0 Å². The molecule has 0 aliphatic rings. The lowest BCUT2D eigenvalue weighted by molar-refractivity contribution is -0.143. The molecule has 3 N–H and O–H groups in total. The third kappa shape index (κ3) is 5.27. The average Bonchev–Trinajstić information content (AvgIpc) is 2.52. The fraction of sp³-hybridized carbons (Fsp3) is 0.118. The van der Waals surface area contributed by atoms with E-state index < -0.39 is 35.1 Å². The minimum absolute atomic E-state index is 0.0140. The minimum Gasteiger partial charge on any atom is -0.399 e. The topological polar surface area (TPSA) is 55.1 Å². The zero-order chi connectivity index (χ0) is 19.5. The van der Waals surface area contributed by atoms with Crippen molar-refractivity contribution in [2.24, 2.45) is 0 Å². The predicted octanol–water partition coefficient (Wildman–Crippen LogP) is 4.96. The molecule has 2 aromatic rings. The van der Waals surface area contributed by atoms with E-state index in [2.05, 4.69) is 0 Å². The van der Waals surface area contributed by atoms with Crippen LogP contribution in [0.15, 0.2) is 48.5 Å². The van der Waals surface area contributed by atoms with E-state index in [1.165, 1.54) is 6.08 Å². The van der Waals surface area contributed by atoms with Crippen LogP contribution in [0.2, 0.25) is 0 Å². The summed E-state index contributed by atoms with van der Waals surface area (Å²) in [7, 11) is 0. The number of carbonyl (C=O) groups excluding carboxylic acids is 1. The van der Waals surface area contributed by atoms with Gasteiger partial charge in [-0.1, -0.05) is 12.1 Å². The van der Waals surface area contributed by atoms with E-state index in [0.29, 0.717) is 23.4 Å². The summed E-state index contributed by atoms with van der Waals surface area (Å²) in [4.78, 5) is 11.8. The molecular formula is C17H12F6N2O. The zero-order valence-corrected chi connectivity index (χ0v) is 12.9. The van der Waals surface area contributed by atoms with Crippen LogP contribution < -0.4 is 11.1 Å². The van der Waals surface area contributed by atoms with Gasteiger partial charge in [0.25, 0.3) is 0 Å². The van der Waals surface area contributed by atoms with Crippen molar-refractivity contribution < 1.29 is 31.1 Å². The third-order valence-electron chi connectivity index (χ3n) is 3.22. The molecule has 0 saturated carbocycles. The van der Waals surface area contributed by atoms with Crippen LogP contribution in [0.4, 0.5) is 37.7 Å². The first kappa shape index (κ1) is 19.4. The maximum absolute atomic E-state index is 12.8. The Morgan fingerprint density at radius 1 is 0.885 bits per heavy atom. The Balaban J connectivity index is 2.24. The van der Waals surface area contributed by atoms with Crippen LogP contribution >= 0.6 is 0 Å². The summed E-state index contributed by atoms with van der Waals surface area (Å²) in [5.41, 5.74) is 2.94. The van der Waals surface area contributed by atoms with Crippen molar-refractivity contribution in [1.29, 1.82) is 0 Å². The number of alkyl halides is 6. The summed E-state index contributed by atoms with van der Waals surface area (Å²) in [5, 5.41) is 2.00. The molecule has 0 unspecified atom stereocenters. The maximum atomic E-state index is 12.8. The quantitative estimate of drug-likeness (QED) is 0.453. The van der Waals surface area contributed by atoms with Crippen molar-refractivity contribution in [2.45, 2.75) is 12.4 Å². The highest BCUT2D eigenvalue weighted by Crippen LogP contribution is 2.37. The van der Waals surface area contributed by atoms with Gasteiger partial charge in [-0.3, -0.25) is 4.79 Å². The monoisotopic (exact) mass is 374 g/mol. The second-order valence-electron chi connectivity index (χ2n) is 5.28. The molecular weight excluding hydrogens is 362 g/mol. The van der Waals surface area contributed by atoms with Crippen molar-refractivity contribution >= 4 is 23.4 Å². The van der Waals surface area contributed by atoms with Gasteiger partial charge in [-0.15, -0.1) is 0 Å². The van der Waals surface area contributed by atoms with Crippen LogP contribution in [0.25, 0.3) is 6.08 Å². The summed E-state index contributed by atoms with van der Waals surface area (Å²) in [5.74, 6) is -0.880. The fourth-order valence-corrected chi connectivity index (χ4v) is 1.99. The molecule has 26 heavy (non-hydrogen) atoms. The highest BCUT2D eigenvalue weighted by Gasteiger charge is 2.37. The molecule has 0 saturated heterocycles. The van der Waals surface area contributed by atoms with E-state index in [4.69, 9.17) is 5.73 Å². The largest absolute Gasteiger partial charge is 0.416 e. The number of carbonyl (C=O) groups is 1. The number of amides is 1. The molecule has 138 valence electrons. The number of hydrogen-bond donors (Lipinski definition) is 2. The van der Waals surface area contributed by atoms with Gasteiger partial charge in [-0.05, 0) is 42.0 Å². The standard InChI is InChI=1S/C17H12F6N2O/c18-16(19,20)11-7-12(17(21,22)23)9-14(8-11)25-15(26)6-3-10-1-4-13(24)5-2-10/h1-9H,24H2,(H,25,26)/b6-3+. The molecule has 0 bridgehead atoms. The van der Waals surface area contributed by atoms with Crippen molar-refractivity contribution in [3.05, 3.63) is 65.2 Å². The number of anilines is 2. The molecule has 0 aliphatic heterocycles. The molecule has 0 heterocycles. The molecule has 0 fully saturated rings. The van der Waals surface area contributed by atoms with E-state index in [1.807, 2.05) is 5.32 Å². The number of halogens is 6. The molecule has 3 nitrogen and oxygen atoms in total. The van der Waals surface area contributed by atoms with E-state index in [0.717, 1.165) is 6.08 Å². The van der Waals surface area contributed by atoms with Crippen LogP contribution in [-0.2, 0) is 17.1 Å². The van der Waals surface area contributed by atoms with Gasteiger partial charge in [-0.2, -0.15) is 26.3 Å². The molecule has 0 atom stereocenters. The number of nitrogens with one attached hydrogen (secondary N) is 1. The van der Waals surface area contributed by atoms with Gasteiger partial charge in [0, 0.05) is 17.5 Å². The molecule has 0 spiro atoms. The third-order valence-corrected chi connectivity index (χ3v) is 3.22. The van der Waals surface area contributed by atoms with Gasteiger partial charge in [0.1, 0.15) is 0 Å². The average molecular weight is 374 g/mol. The lowest BCUT2D eigenvalue weighted by Gasteiger charge is -2.14. The zero-order valence-electron chi connectivity index (χ0n) is 12.9. The van der Waals surface area contributed by atoms with E-state index >= 15 is 0 Å². The second-order valence-corrected chi connectivity index (χ2v) is 5.28. The lowest BCUT2D eigenvalue weighted by atomic mass is 10.1. The molecule has 2 rings (SSSR count). The molecule has 9 heteroatoms. The van der Waals surface area contributed by atoms with Gasteiger partial charge in [-0.25, -0.2) is 0 Å². The summed E-state index contributed by atoms with van der Waals surface area (Å²) in [6.07, 6.45) is -7.65. The maximum Gasteiger partial charge on any atom is 0.416 e. The Morgan fingerprint density at radius 3 is 1.85 bits per heavy atom. The molecule has 0 radical (unpaired) electrons. The van der Waals surface area contributed by atoms with Crippen LogP contribution in [0.1, 0.15) is 16.7 Å². The Hall–Kier alpha value is -2.97. The Kier molecular flexibility index (Phi) is 5.29. The van der Waals surface area contributed by atoms with Crippen LogP contribution in [-0.4, -0.2) is 5.91 Å². The summed E-state index contributed by atoms with van der Waals surface area (Å²) < 4.78 is 76.6. The van der Waals surface area contributed by atoms with Gasteiger partial charge in [0.05, 0.1) is 11.1 Å². The van der Waals surface area contributed by atoms with E-state index in [-0.39, 0.29) is 6.07 Å². The molecule has 0 aliphatic carbocycles. The van der Waals surface area contributed by atoms with E-state index in [9.17, 15) is 31.1 Å². The minimum atomic E-state index is -4.99. The summed E-state index contributed by atoms with van der Waals surface area (Å²) >= 11 is 0. The SMILES string of the molecule is Nc1ccc(/C=C/C(=O)Nc2cc(C(F)(F)F)cc(C(F)(F)F)c2)cc1. The Bertz CT molecular complexity index is 790. The molecule has 1 amide bonds. The van der Waals surface area contributed by atoms with Gasteiger partial charge >= 0.3 is 12.4 Å². The fourth-order valence-electron chi connectivity index (χ4n) is 1.99. The highest BCUT2D eigenvalue weighted by atomic mass is 19.4. The smallest absolute Gasteiger partial charge is 0.399 e. The van der Waals surface area contributed by atoms with Crippen molar-refractivity contribution in [2.75, 3.05) is 11.1 Å². The van der Waals surface area contributed by atoms with E-state index in [1.54, 1.807) is 24.3 Å². The number of benzene rings is 2. The van der Waals surface area contributed by atoms with Crippen LogP contribution in [0, 0.1) is 0 Å². The number of nitrogen functional groups attached to an aromatic ring is 1. The second kappa shape index (κ2) is 7.11. The summed E-state index contributed by atoms with van der Waals surface area (Å²) in [6.45, 7) is 0. The van der Waals surface area contributed by atoms with Gasteiger partial charge in [0.2, 0.25) is 5.91 Å². The molecule has 2 aromatic carbocycles. The first-order valence-electron chi connectivity index (χ1n) is 7.09. The van der Waals surface area contributed by atoms with Crippen LogP contribution in [0.3, 0.4) is 0 Å². The number of nitrogens with two attached hydrogens (primary N) is 1. The van der Waals surface area contributed by atoms with Gasteiger partial charge in [0.15, 0.2) is 0 Å². The predicted molar refractivity (Wildman–Crippen MR) is 85.0 cm³/mol. The highest BCUT2D eigenvalue weighted by molar-refractivity contribution is 6.02.